The summed E-state index contributed by atoms with van der Waals surface area (Å²) in [7, 11) is 0. The first-order chi connectivity index (χ1) is 16.2. The summed E-state index contributed by atoms with van der Waals surface area (Å²) in [6.07, 6.45) is -0.655. The number of aliphatic hydroxyl groups excluding tert-OH is 2. The van der Waals surface area contributed by atoms with Crippen LogP contribution in [0.25, 0.3) is 0 Å². The van der Waals surface area contributed by atoms with Crippen LogP contribution < -0.4 is 10.6 Å². The Morgan fingerprint density at radius 1 is 1.00 bits per heavy atom. The van der Waals surface area contributed by atoms with Gasteiger partial charge in [0.2, 0.25) is 5.91 Å². The summed E-state index contributed by atoms with van der Waals surface area (Å²) in [5, 5.41) is 40.8. The van der Waals surface area contributed by atoms with Gasteiger partial charge < -0.3 is 26.2 Å². The number of hydrogen-bond acceptors (Lipinski definition) is 7. The lowest BCUT2D eigenvalue weighted by Crippen LogP contribution is -2.40. The Kier molecular flexibility index (Phi) is 7.30. The number of aliphatic hydroxyl groups is 2. The number of hydrogen-bond donors (Lipinski definition) is 5. The Morgan fingerprint density at radius 2 is 1.65 bits per heavy atom. The molecule has 0 fully saturated rings. The van der Waals surface area contributed by atoms with Crippen molar-refractivity contribution in [2.45, 2.75) is 19.1 Å². The minimum Gasteiger partial charge on any atom is -0.508 e. The lowest BCUT2D eigenvalue weighted by molar-refractivity contribution is -0.123. The molecule has 0 aromatic heterocycles. The highest BCUT2D eigenvalue weighted by Crippen LogP contribution is 2.42. The maximum absolute atomic E-state index is 12.2. The minimum atomic E-state index is -1.26. The zero-order chi connectivity index (χ0) is 25.0. The number of carbonyl (C=O) groups is 3. The third-order valence-electron chi connectivity index (χ3n) is 5.38. The second-order valence-corrected chi connectivity index (χ2v) is 7.66. The number of benzene rings is 3. The average Bonchev–Trinajstić information content (AvgIpc) is 2.81. The standard InChI is InChI=1S/C25H24N2O7/c1-14(30)27(23(33)13-29)18-4-2-3-16(10-18)24(19-9-15(12-28)5-7-21(19)31)20-11-17(25(26)34)6-8-22(20)32/h2-12,14,24,29-32H,13H2,1H3,(H2,26,34). The number of rotatable bonds is 8. The maximum atomic E-state index is 12.2. The van der Waals surface area contributed by atoms with Crippen molar-refractivity contribution in [1.29, 1.82) is 0 Å². The van der Waals surface area contributed by atoms with E-state index in [2.05, 4.69) is 0 Å². The Morgan fingerprint density at radius 3 is 2.24 bits per heavy atom. The predicted molar refractivity (Wildman–Crippen MR) is 124 cm³/mol. The first kappa shape index (κ1) is 24.4. The Hall–Kier alpha value is -4.21. The van der Waals surface area contributed by atoms with Gasteiger partial charge in [-0.2, -0.15) is 0 Å². The smallest absolute Gasteiger partial charge is 0.254 e. The van der Waals surface area contributed by atoms with E-state index in [1.165, 1.54) is 49.4 Å². The molecule has 2 atom stereocenters. The highest BCUT2D eigenvalue weighted by molar-refractivity contribution is 5.95. The van der Waals surface area contributed by atoms with Crippen molar-refractivity contribution >= 4 is 23.8 Å². The van der Waals surface area contributed by atoms with Gasteiger partial charge in [-0.15, -0.1) is 0 Å². The number of phenolic OH excluding ortho intramolecular Hbond substituents is 2. The zero-order valence-electron chi connectivity index (χ0n) is 18.3. The Labute approximate surface area is 195 Å². The van der Waals surface area contributed by atoms with Gasteiger partial charge in [-0.05, 0) is 61.0 Å². The molecule has 0 aliphatic carbocycles. The second-order valence-electron chi connectivity index (χ2n) is 7.66. The Bertz CT molecular complexity index is 1240. The number of amides is 2. The number of nitrogens with zero attached hydrogens (tertiary/aromatic N) is 1. The molecule has 0 bridgehead atoms. The van der Waals surface area contributed by atoms with Gasteiger partial charge in [0.1, 0.15) is 30.6 Å². The second kappa shape index (κ2) is 10.2. The van der Waals surface area contributed by atoms with Gasteiger partial charge >= 0.3 is 0 Å². The van der Waals surface area contributed by atoms with Gasteiger partial charge in [0.15, 0.2) is 0 Å². The van der Waals surface area contributed by atoms with Gasteiger partial charge in [0, 0.05) is 33.9 Å². The summed E-state index contributed by atoms with van der Waals surface area (Å²) in [6.45, 7) is 0.529. The van der Waals surface area contributed by atoms with Crippen LogP contribution in [-0.4, -0.2) is 51.4 Å². The molecule has 0 aliphatic heterocycles. The van der Waals surface area contributed by atoms with E-state index in [0.717, 1.165) is 4.90 Å². The number of phenols is 2. The van der Waals surface area contributed by atoms with Crippen molar-refractivity contribution in [2.24, 2.45) is 5.73 Å². The normalized spacial score (nSPS) is 12.6. The molecule has 2 amide bonds. The molecule has 0 spiro atoms. The summed E-state index contributed by atoms with van der Waals surface area (Å²) in [5.74, 6) is -2.75. The molecule has 176 valence electrons. The molecule has 3 aromatic carbocycles. The molecule has 3 rings (SSSR count). The van der Waals surface area contributed by atoms with Crippen LogP contribution in [0, 0.1) is 0 Å². The number of carbonyl (C=O) groups excluding carboxylic acids is 3. The van der Waals surface area contributed by atoms with Crippen molar-refractivity contribution in [1.82, 2.24) is 0 Å². The lowest BCUT2D eigenvalue weighted by Gasteiger charge is -2.27. The summed E-state index contributed by atoms with van der Waals surface area (Å²) >= 11 is 0. The Balaban J connectivity index is 2.31. The van der Waals surface area contributed by atoms with E-state index in [-0.39, 0.29) is 39.4 Å². The van der Waals surface area contributed by atoms with Gasteiger partial charge in [0.05, 0.1) is 0 Å². The molecule has 6 N–H and O–H groups in total. The number of anilines is 1. The fraction of sp³-hybridized carbons (Fsp3) is 0.160. The van der Waals surface area contributed by atoms with Crippen LogP contribution in [0.5, 0.6) is 11.5 Å². The van der Waals surface area contributed by atoms with E-state index < -0.39 is 30.6 Å². The monoisotopic (exact) mass is 464 g/mol. The largest absolute Gasteiger partial charge is 0.508 e. The van der Waals surface area contributed by atoms with E-state index in [1.54, 1.807) is 18.2 Å². The molecular weight excluding hydrogens is 440 g/mol. The lowest BCUT2D eigenvalue weighted by atomic mass is 9.82. The molecule has 34 heavy (non-hydrogen) atoms. The zero-order valence-corrected chi connectivity index (χ0v) is 18.3. The first-order valence-corrected chi connectivity index (χ1v) is 10.3. The quantitative estimate of drug-likeness (QED) is 0.193. The van der Waals surface area contributed by atoms with Crippen LogP contribution >= 0.6 is 0 Å². The van der Waals surface area contributed by atoms with E-state index in [9.17, 15) is 34.8 Å². The minimum absolute atomic E-state index is 0.112. The van der Waals surface area contributed by atoms with Gasteiger partial charge in [-0.25, -0.2) is 0 Å². The van der Waals surface area contributed by atoms with Crippen LogP contribution in [0.15, 0.2) is 60.7 Å². The number of aldehydes is 1. The van der Waals surface area contributed by atoms with Crippen molar-refractivity contribution in [3.8, 4) is 11.5 Å². The summed E-state index contributed by atoms with van der Waals surface area (Å²) in [6, 6.07) is 14.6. The maximum Gasteiger partial charge on any atom is 0.254 e. The molecule has 0 radical (unpaired) electrons. The summed E-state index contributed by atoms with van der Waals surface area (Å²) in [5.41, 5.74) is 6.95. The highest BCUT2D eigenvalue weighted by Gasteiger charge is 2.26. The van der Waals surface area contributed by atoms with Crippen LogP contribution in [0.2, 0.25) is 0 Å². The highest BCUT2D eigenvalue weighted by atomic mass is 16.3. The summed E-state index contributed by atoms with van der Waals surface area (Å²) in [4.78, 5) is 36.4. The van der Waals surface area contributed by atoms with E-state index in [4.69, 9.17) is 5.73 Å². The predicted octanol–water partition coefficient (Wildman–Crippen LogP) is 1.85. The topological polar surface area (TPSA) is 161 Å². The van der Waals surface area contributed by atoms with Crippen LogP contribution in [0.3, 0.4) is 0 Å². The molecule has 0 saturated heterocycles. The number of aromatic hydroxyl groups is 2. The van der Waals surface area contributed by atoms with Gasteiger partial charge in [-0.3, -0.25) is 19.3 Å². The summed E-state index contributed by atoms with van der Waals surface area (Å²) < 4.78 is 0. The number of primary amides is 1. The SMILES string of the molecule is CC(O)N(C(=O)CO)c1cccc(C(c2cc(C=O)ccc2O)c2cc(C(N)=O)ccc2O)c1. The fourth-order valence-corrected chi connectivity index (χ4v) is 3.84. The van der Waals surface area contributed by atoms with Crippen molar-refractivity contribution in [3.63, 3.8) is 0 Å². The molecule has 0 saturated carbocycles. The average molecular weight is 464 g/mol. The van der Waals surface area contributed by atoms with E-state index in [0.29, 0.717) is 11.8 Å². The first-order valence-electron chi connectivity index (χ1n) is 10.3. The van der Waals surface area contributed by atoms with Gasteiger partial charge in [0.25, 0.3) is 5.91 Å². The van der Waals surface area contributed by atoms with Crippen molar-refractivity contribution in [3.05, 3.63) is 88.5 Å². The van der Waals surface area contributed by atoms with Crippen molar-refractivity contribution in [2.75, 3.05) is 11.5 Å². The third-order valence-corrected chi connectivity index (χ3v) is 5.38. The molecule has 0 heterocycles. The van der Waals surface area contributed by atoms with E-state index >= 15 is 0 Å². The third kappa shape index (κ3) is 4.90. The molecule has 3 aromatic rings. The van der Waals surface area contributed by atoms with Crippen LogP contribution in [-0.2, 0) is 4.79 Å². The van der Waals surface area contributed by atoms with Crippen LogP contribution in [0.4, 0.5) is 5.69 Å². The van der Waals surface area contributed by atoms with Gasteiger partial charge in [-0.1, -0.05) is 12.1 Å². The molecule has 9 heteroatoms. The molecular formula is C25H24N2O7. The molecule has 0 aliphatic rings. The van der Waals surface area contributed by atoms with Crippen molar-refractivity contribution < 1.29 is 34.8 Å². The fourth-order valence-electron chi connectivity index (χ4n) is 3.84. The molecule has 9 nitrogen and oxygen atoms in total. The number of nitrogens with two attached hydrogens (primary N) is 1. The van der Waals surface area contributed by atoms with E-state index in [1.807, 2.05) is 0 Å². The molecule has 2 unspecified atom stereocenters. The van der Waals surface area contributed by atoms with Crippen LogP contribution in [0.1, 0.15) is 50.2 Å².